The van der Waals surface area contributed by atoms with E-state index in [9.17, 15) is 0 Å². The summed E-state index contributed by atoms with van der Waals surface area (Å²) in [6.07, 6.45) is 1.83. The first-order chi connectivity index (χ1) is 12.8. The molecule has 0 amide bonds. The van der Waals surface area contributed by atoms with E-state index in [4.69, 9.17) is 9.72 Å². The van der Waals surface area contributed by atoms with Crippen LogP contribution in [0.3, 0.4) is 0 Å². The van der Waals surface area contributed by atoms with Crippen LogP contribution >= 0.6 is 12.2 Å². The lowest BCUT2D eigenvalue weighted by molar-refractivity contribution is 0.122. The van der Waals surface area contributed by atoms with Crippen molar-refractivity contribution in [3.8, 4) is 0 Å². The summed E-state index contributed by atoms with van der Waals surface area (Å²) in [7, 11) is 0. The molecule has 0 atom stereocenters. The summed E-state index contributed by atoms with van der Waals surface area (Å²) in [5.41, 5.74) is 1.90. The zero-order valence-corrected chi connectivity index (χ0v) is 16.1. The Hall–Kier alpha value is -1.70. The Kier molecular flexibility index (Phi) is 7.22. The minimum Gasteiger partial charge on any atom is -0.380 e. The highest BCUT2D eigenvalue weighted by Crippen LogP contribution is 2.16. The van der Waals surface area contributed by atoms with Gasteiger partial charge >= 0.3 is 0 Å². The van der Waals surface area contributed by atoms with E-state index in [2.05, 4.69) is 41.7 Å². The smallest absolute Gasteiger partial charge is 0.160 e. The van der Waals surface area contributed by atoms with E-state index in [1.807, 2.05) is 25.3 Å². The van der Waals surface area contributed by atoms with E-state index >= 15 is 0 Å². The first-order valence-corrected chi connectivity index (χ1v) is 9.59. The highest BCUT2D eigenvalue weighted by atomic mass is 32.1. The Morgan fingerprint density at radius 2 is 2.04 bits per heavy atom. The quantitative estimate of drug-likeness (QED) is 0.378. The lowest BCUT2D eigenvalue weighted by atomic mass is 10.3. The number of fused-ring (bicyclic) bond motifs is 1. The molecular weight excluding hydrogens is 348 g/mol. The fourth-order valence-electron chi connectivity index (χ4n) is 3.27. The van der Waals surface area contributed by atoms with Gasteiger partial charge in [0.25, 0.3) is 0 Å². The average molecular weight is 375 g/mol. The van der Waals surface area contributed by atoms with Crippen LogP contribution < -0.4 is 0 Å². The van der Waals surface area contributed by atoms with Gasteiger partial charge in [-0.3, -0.25) is 9.80 Å². The number of hydrogen-bond donors (Lipinski definition) is 0. The molecule has 2 aromatic heterocycles. The van der Waals surface area contributed by atoms with Crippen molar-refractivity contribution < 1.29 is 4.74 Å². The van der Waals surface area contributed by atoms with Gasteiger partial charge in [0, 0.05) is 52.1 Å². The summed E-state index contributed by atoms with van der Waals surface area (Å²) in [5.74, 6) is 1.07. The molecule has 7 nitrogen and oxygen atoms in total. The lowest BCUT2D eigenvalue weighted by Gasteiger charge is -2.34. The van der Waals surface area contributed by atoms with Gasteiger partial charge in [0.15, 0.2) is 5.65 Å². The minimum atomic E-state index is 0.680. The van der Waals surface area contributed by atoms with E-state index < -0.39 is 0 Å². The van der Waals surface area contributed by atoms with Crippen LogP contribution in [0.15, 0.2) is 23.3 Å². The highest BCUT2D eigenvalue weighted by Gasteiger charge is 2.20. The second-order valence-corrected chi connectivity index (χ2v) is 6.50. The molecule has 0 unspecified atom stereocenters. The number of hydrogen-bond acceptors (Lipinski definition) is 7. The van der Waals surface area contributed by atoms with Crippen molar-refractivity contribution in [2.75, 3.05) is 52.5 Å². The van der Waals surface area contributed by atoms with E-state index in [-0.39, 0.29) is 0 Å². The third-order valence-corrected chi connectivity index (χ3v) is 4.80. The van der Waals surface area contributed by atoms with E-state index in [1.165, 1.54) is 0 Å². The second-order valence-electron chi connectivity index (χ2n) is 6.31. The number of imidazole rings is 1. The predicted octanol–water partition coefficient (Wildman–Crippen LogP) is 1.69. The average Bonchev–Trinajstić information content (AvgIpc) is 3.01. The molecule has 26 heavy (non-hydrogen) atoms. The van der Waals surface area contributed by atoms with Crippen LogP contribution in [0.4, 0.5) is 0 Å². The first-order valence-electron chi connectivity index (χ1n) is 9.18. The number of ether oxygens (including phenoxy) is 1. The Morgan fingerprint density at radius 1 is 1.23 bits per heavy atom. The number of rotatable bonds is 9. The Morgan fingerprint density at radius 3 is 2.81 bits per heavy atom. The molecule has 1 saturated heterocycles. The summed E-state index contributed by atoms with van der Waals surface area (Å²) < 4.78 is 7.74. The molecule has 1 aliphatic heterocycles. The van der Waals surface area contributed by atoms with Gasteiger partial charge in [0.1, 0.15) is 11.3 Å². The van der Waals surface area contributed by atoms with Gasteiger partial charge < -0.3 is 9.30 Å². The molecule has 0 aromatic carbocycles. The van der Waals surface area contributed by atoms with Crippen molar-refractivity contribution in [2.24, 2.45) is 4.99 Å². The highest BCUT2D eigenvalue weighted by molar-refractivity contribution is 7.78. The normalized spacial score (nSPS) is 16.0. The van der Waals surface area contributed by atoms with Crippen LogP contribution in [0.2, 0.25) is 0 Å². The molecule has 0 radical (unpaired) electrons. The molecular formula is C18H26N6OS. The topological polar surface area (TPSA) is 58.8 Å². The second kappa shape index (κ2) is 9.85. The number of aromatic nitrogens is 3. The first kappa shape index (κ1) is 19.1. The maximum absolute atomic E-state index is 5.54. The van der Waals surface area contributed by atoms with Gasteiger partial charge in [-0.15, -0.1) is 0 Å². The van der Waals surface area contributed by atoms with Crippen LogP contribution in [0.1, 0.15) is 12.7 Å². The largest absolute Gasteiger partial charge is 0.380 e. The molecule has 140 valence electrons. The van der Waals surface area contributed by atoms with Gasteiger partial charge in [-0.25, -0.2) is 15.0 Å². The summed E-state index contributed by atoms with van der Waals surface area (Å²) >= 11 is 4.62. The van der Waals surface area contributed by atoms with E-state index in [1.54, 1.807) is 0 Å². The molecule has 8 heteroatoms. The molecule has 0 saturated carbocycles. The van der Waals surface area contributed by atoms with Crippen LogP contribution in [-0.2, 0) is 17.8 Å². The number of piperazine rings is 1. The molecule has 2 aromatic rings. The summed E-state index contributed by atoms with van der Waals surface area (Å²) in [5, 5.41) is 2.43. The fraction of sp³-hybridized carbons (Fsp3) is 0.611. The summed E-state index contributed by atoms with van der Waals surface area (Å²) in [4.78, 5) is 18.2. The SMILES string of the molecule is CCOCCn1c(CN2CCN(CCN=C=S)CC2)nc2cccnc21. The molecule has 0 spiro atoms. The van der Waals surface area contributed by atoms with Crippen LogP contribution in [0.25, 0.3) is 11.2 Å². The Bertz CT molecular complexity index is 749. The summed E-state index contributed by atoms with van der Waals surface area (Å²) in [6.45, 7) is 10.9. The molecule has 0 aliphatic carbocycles. The third kappa shape index (κ3) is 4.93. The van der Waals surface area contributed by atoms with Crippen molar-refractivity contribution in [1.82, 2.24) is 24.3 Å². The fourth-order valence-corrected chi connectivity index (χ4v) is 3.36. The third-order valence-electron chi connectivity index (χ3n) is 4.67. The zero-order valence-electron chi connectivity index (χ0n) is 15.3. The van der Waals surface area contributed by atoms with E-state index in [0.717, 1.165) is 76.0 Å². The van der Waals surface area contributed by atoms with Gasteiger partial charge in [-0.1, -0.05) is 0 Å². The Balaban J connectivity index is 1.63. The molecule has 1 aliphatic rings. The molecule has 3 heterocycles. The molecule has 0 N–H and O–H groups in total. The van der Waals surface area contributed by atoms with Crippen LogP contribution in [0, 0.1) is 0 Å². The van der Waals surface area contributed by atoms with Crippen LogP contribution in [0.5, 0.6) is 0 Å². The Labute approximate surface area is 159 Å². The maximum Gasteiger partial charge on any atom is 0.160 e. The number of thiocarbonyl (C=S) groups is 1. The van der Waals surface area contributed by atoms with Crippen molar-refractivity contribution in [3.05, 3.63) is 24.2 Å². The minimum absolute atomic E-state index is 0.680. The van der Waals surface area contributed by atoms with Crippen molar-refractivity contribution in [2.45, 2.75) is 20.0 Å². The standard InChI is InChI=1S/C18H26N6OS/c1-2-25-13-12-24-17(21-16-4-3-5-20-18(16)24)14-23-10-8-22(9-11-23)7-6-19-15-26/h3-5H,2,6-14H2,1H3. The lowest BCUT2D eigenvalue weighted by Crippen LogP contribution is -2.46. The number of isothiocyanates is 1. The molecule has 0 bridgehead atoms. The van der Waals surface area contributed by atoms with E-state index in [0.29, 0.717) is 6.61 Å². The van der Waals surface area contributed by atoms with Crippen molar-refractivity contribution >= 4 is 28.5 Å². The van der Waals surface area contributed by atoms with Gasteiger partial charge in [-0.05, 0) is 31.3 Å². The number of aliphatic imine (C=N–C) groups is 1. The van der Waals surface area contributed by atoms with Crippen molar-refractivity contribution in [3.63, 3.8) is 0 Å². The van der Waals surface area contributed by atoms with Gasteiger partial charge in [-0.2, -0.15) is 0 Å². The summed E-state index contributed by atoms with van der Waals surface area (Å²) in [6, 6.07) is 3.96. The zero-order chi connectivity index (χ0) is 18.2. The van der Waals surface area contributed by atoms with Gasteiger partial charge in [0.2, 0.25) is 0 Å². The monoisotopic (exact) mass is 374 g/mol. The number of pyridine rings is 1. The van der Waals surface area contributed by atoms with Crippen LogP contribution in [-0.4, -0.2) is 82.0 Å². The maximum atomic E-state index is 5.54. The molecule has 1 fully saturated rings. The predicted molar refractivity (Wildman–Crippen MR) is 106 cm³/mol. The van der Waals surface area contributed by atoms with Crippen molar-refractivity contribution in [1.29, 1.82) is 0 Å². The van der Waals surface area contributed by atoms with Gasteiger partial charge in [0.05, 0.1) is 24.9 Å². The molecule has 3 rings (SSSR count). The number of nitrogens with zero attached hydrogens (tertiary/aromatic N) is 6.